The normalized spacial score (nSPS) is 17.6. The molecule has 0 spiro atoms. The lowest BCUT2D eigenvalue weighted by atomic mass is 9.99. The van der Waals surface area contributed by atoms with Gasteiger partial charge in [0.15, 0.2) is 0 Å². The van der Waals surface area contributed by atoms with E-state index in [0.717, 1.165) is 37.4 Å². The van der Waals surface area contributed by atoms with Gasteiger partial charge in [-0.25, -0.2) is 4.98 Å². The Morgan fingerprint density at radius 3 is 2.91 bits per heavy atom. The van der Waals surface area contributed by atoms with E-state index in [0.29, 0.717) is 18.2 Å². The van der Waals surface area contributed by atoms with Crippen LogP contribution in [0.2, 0.25) is 0 Å². The Hall–Kier alpha value is -1.92. The van der Waals surface area contributed by atoms with Crippen LogP contribution in [0.1, 0.15) is 27.5 Å². The summed E-state index contributed by atoms with van der Waals surface area (Å²) in [4.78, 5) is 18.8. The van der Waals surface area contributed by atoms with Crippen LogP contribution < -0.4 is 5.73 Å². The van der Waals surface area contributed by atoms with Crippen LogP contribution in [-0.4, -0.2) is 40.5 Å². The first-order valence-electron chi connectivity index (χ1n) is 7.87. The molecule has 1 aliphatic rings. The molecule has 3 N–H and O–H groups in total. The topological polar surface area (TPSA) is 79.5 Å². The molecule has 0 saturated carbocycles. The molecule has 1 aromatic carbocycles. The molecule has 0 aliphatic carbocycles. The molecular formula is C17H21N3O2S. The quantitative estimate of drug-likeness (QED) is 0.879. The second-order valence-electron chi connectivity index (χ2n) is 5.94. The number of hydrogen-bond acceptors (Lipinski definition) is 5. The number of carbonyl (C=O) groups is 1. The Balaban J connectivity index is 1.58. The number of aromatic hydroxyl groups is 1. The molecule has 2 aromatic rings. The van der Waals surface area contributed by atoms with E-state index in [-0.39, 0.29) is 11.7 Å². The summed E-state index contributed by atoms with van der Waals surface area (Å²) >= 11 is 1.50. The molecule has 1 aliphatic heterocycles. The second kappa shape index (κ2) is 7.10. The lowest BCUT2D eigenvalue weighted by Crippen LogP contribution is -2.29. The smallest absolute Gasteiger partial charge is 0.273 e. The highest BCUT2D eigenvalue weighted by Gasteiger charge is 2.28. The van der Waals surface area contributed by atoms with E-state index in [9.17, 15) is 9.90 Å². The lowest BCUT2D eigenvalue weighted by Gasteiger charge is -2.15. The predicted octanol–water partition coefficient (Wildman–Crippen LogP) is 2.05. The Morgan fingerprint density at radius 1 is 1.39 bits per heavy atom. The summed E-state index contributed by atoms with van der Waals surface area (Å²) in [5, 5.41) is 12.1. The molecule has 6 heteroatoms. The molecule has 122 valence electrons. The van der Waals surface area contributed by atoms with Crippen molar-refractivity contribution in [3.05, 3.63) is 45.9 Å². The standard InChI is InChI=1S/C17H21N3O2S/c18-7-5-16-19-15(11-23-16)17(22)20-8-6-13(10-20)9-12-1-3-14(21)4-2-12/h1-4,11,13,21H,5-10,18H2. The van der Waals surface area contributed by atoms with E-state index in [1.807, 2.05) is 22.4 Å². The molecule has 2 heterocycles. The first-order valence-corrected chi connectivity index (χ1v) is 8.75. The molecule has 1 atom stereocenters. The highest BCUT2D eigenvalue weighted by atomic mass is 32.1. The van der Waals surface area contributed by atoms with Gasteiger partial charge in [-0.15, -0.1) is 11.3 Å². The van der Waals surface area contributed by atoms with Crippen LogP contribution in [0.25, 0.3) is 0 Å². The zero-order chi connectivity index (χ0) is 16.2. The summed E-state index contributed by atoms with van der Waals surface area (Å²) in [6.07, 6.45) is 2.66. The van der Waals surface area contributed by atoms with Crippen molar-refractivity contribution in [2.75, 3.05) is 19.6 Å². The van der Waals surface area contributed by atoms with Crippen LogP contribution in [0.5, 0.6) is 5.75 Å². The predicted molar refractivity (Wildman–Crippen MR) is 90.7 cm³/mol. The number of phenols is 1. The number of benzene rings is 1. The molecule has 5 nitrogen and oxygen atoms in total. The van der Waals surface area contributed by atoms with Crippen molar-refractivity contribution in [1.29, 1.82) is 0 Å². The molecule has 1 fully saturated rings. The maximum absolute atomic E-state index is 12.5. The van der Waals surface area contributed by atoms with Crippen molar-refractivity contribution in [3.8, 4) is 5.75 Å². The first-order chi connectivity index (χ1) is 11.2. The fourth-order valence-electron chi connectivity index (χ4n) is 2.96. The third-order valence-electron chi connectivity index (χ3n) is 4.16. The number of nitrogens with zero attached hydrogens (tertiary/aromatic N) is 2. The molecule has 1 amide bonds. The van der Waals surface area contributed by atoms with Crippen LogP contribution in [-0.2, 0) is 12.8 Å². The molecule has 1 saturated heterocycles. The maximum Gasteiger partial charge on any atom is 0.273 e. The lowest BCUT2D eigenvalue weighted by molar-refractivity contribution is 0.0782. The zero-order valence-corrected chi connectivity index (χ0v) is 13.8. The Labute approximate surface area is 139 Å². The van der Waals surface area contributed by atoms with E-state index >= 15 is 0 Å². The summed E-state index contributed by atoms with van der Waals surface area (Å²) in [5.74, 6) is 0.775. The number of amides is 1. The van der Waals surface area contributed by atoms with Gasteiger partial charge in [-0.2, -0.15) is 0 Å². The van der Waals surface area contributed by atoms with E-state index in [4.69, 9.17) is 5.73 Å². The number of rotatable bonds is 5. The van der Waals surface area contributed by atoms with E-state index in [1.54, 1.807) is 12.1 Å². The van der Waals surface area contributed by atoms with Crippen molar-refractivity contribution < 1.29 is 9.90 Å². The van der Waals surface area contributed by atoms with Crippen LogP contribution in [0.4, 0.5) is 0 Å². The molecule has 1 unspecified atom stereocenters. The Kier molecular flexibility index (Phi) is 4.93. The average Bonchev–Trinajstić information content (AvgIpc) is 3.19. The minimum absolute atomic E-state index is 0.0257. The Morgan fingerprint density at radius 2 is 2.17 bits per heavy atom. The monoisotopic (exact) mass is 331 g/mol. The summed E-state index contributed by atoms with van der Waals surface area (Å²) in [6.45, 7) is 2.11. The molecule has 1 aromatic heterocycles. The number of hydrogen-bond donors (Lipinski definition) is 2. The SMILES string of the molecule is NCCc1nc(C(=O)N2CCC(Cc3ccc(O)cc3)C2)cs1. The van der Waals surface area contributed by atoms with Gasteiger partial charge in [-0.1, -0.05) is 12.1 Å². The van der Waals surface area contributed by atoms with Gasteiger partial charge in [-0.3, -0.25) is 4.79 Å². The van der Waals surface area contributed by atoms with Gasteiger partial charge in [0, 0.05) is 24.9 Å². The third kappa shape index (κ3) is 3.89. The van der Waals surface area contributed by atoms with Crippen molar-refractivity contribution >= 4 is 17.2 Å². The molecular weight excluding hydrogens is 310 g/mol. The average molecular weight is 331 g/mol. The summed E-state index contributed by atoms with van der Waals surface area (Å²) < 4.78 is 0. The van der Waals surface area contributed by atoms with Gasteiger partial charge in [0.2, 0.25) is 0 Å². The molecule has 0 radical (unpaired) electrons. The summed E-state index contributed by atoms with van der Waals surface area (Å²) in [5.41, 5.74) is 7.27. The first kappa shape index (κ1) is 16.0. The van der Waals surface area contributed by atoms with Crippen LogP contribution in [0, 0.1) is 5.92 Å². The molecule has 0 bridgehead atoms. The van der Waals surface area contributed by atoms with Gasteiger partial charge in [0.25, 0.3) is 5.91 Å². The minimum Gasteiger partial charge on any atom is -0.508 e. The van der Waals surface area contributed by atoms with Gasteiger partial charge >= 0.3 is 0 Å². The highest BCUT2D eigenvalue weighted by Crippen LogP contribution is 2.24. The Bertz CT molecular complexity index is 669. The molecule has 23 heavy (non-hydrogen) atoms. The van der Waals surface area contributed by atoms with Crippen LogP contribution in [0.15, 0.2) is 29.6 Å². The maximum atomic E-state index is 12.5. The fourth-order valence-corrected chi connectivity index (χ4v) is 3.75. The summed E-state index contributed by atoms with van der Waals surface area (Å²) in [7, 11) is 0. The van der Waals surface area contributed by atoms with Gasteiger partial charge in [0.05, 0.1) is 5.01 Å². The van der Waals surface area contributed by atoms with Gasteiger partial charge < -0.3 is 15.7 Å². The van der Waals surface area contributed by atoms with Crippen molar-refractivity contribution in [2.45, 2.75) is 19.3 Å². The number of nitrogens with two attached hydrogens (primary N) is 1. The highest BCUT2D eigenvalue weighted by molar-refractivity contribution is 7.09. The second-order valence-corrected chi connectivity index (χ2v) is 6.88. The number of carbonyl (C=O) groups excluding carboxylic acids is 1. The summed E-state index contributed by atoms with van der Waals surface area (Å²) in [6, 6.07) is 7.31. The largest absolute Gasteiger partial charge is 0.508 e. The van der Waals surface area contributed by atoms with Crippen molar-refractivity contribution in [3.63, 3.8) is 0 Å². The van der Waals surface area contributed by atoms with E-state index < -0.39 is 0 Å². The minimum atomic E-state index is 0.0257. The third-order valence-corrected chi connectivity index (χ3v) is 5.07. The van der Waals surface area contributed by atoms with Crippen molar-refractivity contribution in [1.82, 2.24) is 9.88 Å². The van der Waals surface area contributed by atoms with Crippen LogP contribution >= 0.6 is 11.3 Å². The number of likely N-dealkylation sites (tertiary alicyclic amines) is 1. The van der Waals surface area contributed by atoms with E-state index in [1.165, 1.54) is 16.9 Å². The fraction of sp³-hybridized carbons (Fsp3) is 0.412. The van der Waals surface area contributed by atoms with Gasteiger partial charge in [0.1, 0.15) is 11.4 Å². The molecule has 3 rings (SSSR count). The van der Waals surface area contributed by atoms with Crippen LogP contribution in [0.3, 0.4) is 0 Å². The number of phenolic OH excluding ortho intramolecular Hbond substituents is 1. The van der Waals surface area contributed by atoms with Crippen molar-refractivity contribution in [2.24, 2.45) is 11.7 Å². The zero-order valence-electron chi connectivity index (χ0n) is 12.9. The number of thiazole rings is 1. The van der Waals surface area contributed by atoms with Gasteiger partial charge in [-0.05, 0) is 43.0 Å². The number of aromatic nitrogens is 1. The van der Waals surface area contributed by atoms with E-state index in [2.05, 4.69) is 4.98 Å².